The third kappa shape index (κ3) is 3.99. The summed E-state index contributed by atoms with van der Waals surface area (Å²) in [6.07, 6.45) is 2.21. The maximum absolute atomic E-state index is 11.8. The van der Waals surface area contributed by atoms with Gasteiger partial charge in [-0.15, -0.1) is 0 Å². The fourth-order valence-electron chi connectivity index (χ4n) is 2.88. The summed E-state index contributed by atoms with van der Waals surface area (Å²) >= 11 is 1.41. The van der Waals surface area contributed by atoms with Gasteiger partial charge in [0, 0.05) is 5.69 Å². The highest BCUT2D eigenvalue weighted by Crippen LogP contribution is 2.35. The maximum Gasteiger partial charge on any atom is 0.353 e. The van der Waals surface area contributed by atoms with E-state index in [0.29, 0.717) is 10.8 Å². The lowest BCUT2D eigenvalue weighted by Gasteiger charge is -2.09. The molecule has 0 saturated carbocycles. The zero-order valence-corrected chi connectivity index (χ0v) is 16.7. The first-order valence-corrected chi connectivity index (χ1v) is 9.84. The molecular formula is C20H18N6O2S. The van der Waals surface area contributed by atoms with Crippen LogP contribution < -0.4 is 10.6 Å². The van der Waals surface area contributed by atoms with Gasteiger partial charge < -0.3 is 10.6 Å². The van der Waals surface area contributed by atoms with Crippen molar-refractivity contribution in [1.82, 2.24) is 15.0 Å². The number of rotatable bonds is 6. The normalized spacial score (nSPS) is 10.8. The van der Waals surface area contributed by atoms with Gasteiger partial charge in [0.25, 0.3) is 0 Å². The van der Waals surface area contributed by atoms with Crippen molar-refractivity contribution in [2.75, 3.05) is 10.6 Å². The van der Waals surface area contributed by atoms with Gasteiger partial charge in [-0.1, -0.05) is 36.5 Å². The SMILES string of the molecule is CCc1ccc(Nc2ncnc(Nc3nc4ccc(C)cc4s3)c2[N+](=O)[O-])cc1. The van der Waals surface area contributed by atoms with Crippen LogP contribution in [0.5, 0.6) is 0 Å². The molecular weight excluding hydrogens is 388 g/mol. The molecule has 0 aliphatic carbocycles. The van der Waals surface area contributed by atoms with E-state index in [2.05, 4.69) is 32.5 Å². The minimum Gasteiger partial charge on any atom is -0.334 e. The van der Waals surface area contributed by atoms with Crippen LogP contribution in [0.15, 0.2) is 48.8 Å². The molecule has 0 unspecified atom stereocenters. The van der Waals surface area contributed by atoms with Gasteiger partial charge >= 0.3 is 5.69 Å². The van der Waals surface area contributed by atoms with Crippen LogP contribution in [0.2, 0.25) is 0 Å². The summed E-state index contributed by atoms with van der Waals surface area (Å²) in [5.41, 5.74) is 3.62. The van der Waals surface area contributed by atoms with Crippen molar-refractivity contribution in [2.45, 2.75) is 20.3 Å². The van der Waals surface area contributed by atoms with E-state index in [9.17, 15) is 10.1 Å². The number of nitrogens with one attached hydrogen (secondary N) is 2. The van der Waals surface area contributed by atoms with E-state index >= 15 is 0 Å². The van der Waals surface area contributed by atoms with Crippen molar-refractivity contribution in [3.05, 3.63) is 70.0 Å². The molecule has 0 aliphatic rings. The van der Waals surface area contributed by atoms with Crippen LogP contribution in [-0.2, 0) is 6.42 Å². The summed E-state index contributed by atoms with van der Waals surface area (Å²) in [5, 5.41) is 18.3. The van der Waals surface area contributed by atoms with Crippen molar-refractivity contribution in [3.63, 3.8) is 0 Å². The second-order valence-electron chi connectivity index (χ2n) is 6.47. The Kier molecular flexibility index (Phi) is 5.05. The van der Waals surface area contributed by atoms with E-state index in [1.165, 1.54) is 23.2 Å². The van der Waals surface area contributed by atoms with Gasteiger partial charge in [-0.25, -0.2) is 15.0 Å². The molecule has 8 nitrogen and oxygen atoms in total. The van der Waals surface area contributed by atoms with Gasteiger partial charge in [-0.05, 0) is 48.7 Å². The molecule has 0 amide bonds. The standard InChI is InChI=1S/C20H18N6O2S/c1-3-13-5-7-14(8-6-13)23-18-17(26(27)28)19(22-11-21-18)25-20-24-15-9-4-12(2)10-16(15)29-20/h4-11H,3H2,1-2H3,(H2,21,22,23,24,25). The highest BCUT2D eigenvalue weighted by Gasteiger charge is 2.24. The number of aryl methyl sites for hydroxylation is 2. The topological polar surface area (TPSA) is 106 Å². The zero-order chi connectivity index (χ0) is 20.4. The smallest absolute Gasteiger partial charge is 0.334 e. The second-order valence-corrected chi connectivity index (χ2v) is 7.50. The van der Waals surface area contributed by atoms with Crippen molar-refractivity contribution >= 4 is 49.7 Å². The number of thiazole rings is 1. The molecule has 0 bridgehead atoms. The quantitative estimate of drug-likeness (QED) is 0.328. The number of nitro groups is 1. The van der Waals surface area contributed by atoms with E-state index in [-0.39, 0.29) is 17.3 Å². The first kappa shape index (κ1) is 18.8. The summed E-state index contributed by atoms with van der Waals surface area (Å²) < 4.78 is 0.999. The summed E-state index contributed by atoms with van der Waals surface area (Å²) in [4.78, 5) is 23.9. The van der Waals surface area contributed by atoms with Gasteiger partial charge in [0.2, 0.25) is 11.6 Å². The minimum absolute atomic E-state index is 0.0912. The molecule has 0 saturated heterocycles. The lowest BCUT2D eigenvalue weighted by molar-refractivity contribution is -0.383. The number of hydrogen-bond acceptors (Lipinski definition) is 8. The second kappa shape index (κ2) is 7.80. The fourth-order valence-corrected chi connectivity index (χ4v) is 3.84. The van der Waals surface area contributed by atoms with E-state index < -0.39 is 4.92 Å². The van der Waals surface area contributed by atoms with Crippen molar-refractivity contribution in [3.8, 4) is 0 Å². The van der Waals surface area contributed by atoms with Gasteiger partial charge in [-0.3, -0.25) is 10.1 Å². The van der Waals surface area contributed by atoms with Crippen LogP contribution in [0.1, 0.15) is 18.1 Å². The summed E-state index contributed by atoms with van der Waals surface area (Å²) in [5.74, 6) is 0.210. The van der Waals surface area contributed by atoms with E-state index in [4.69, 9.17) is 0 Å². The van der Waals surface area contributed by atoms with E-state index in [1.807, 2.05) is 49.4 Å². The highest BCUT2D eigenvalue weighted by molar-refractivity contribution is 7.22. The Morgan fingerprint density at radius 3 is 2.48 bits per heavy atom. The maximum atomic E-state index is 11.8. The molecule has 0 radical (unpaired) electrons. The predicted molar refractivity (Wildman–Crippen MR) is 115 cm³/mol. The number of hydrogen-bond donors (Lipinski definition) is 2. The minimum atomic E-state index is -0.497. The largest absolute Gasteiger partial charge is 0.353 e. The molecule has 2 N–H and O–H groups in total. The van der Waals surface area contributed by atoms with Gasteiger partial charge in [0.1, 0.15) is 6.33 Å². The Labute approximate surface area is 170 Å². The number of aromatic nitrogens is 3. The molecule has 0 aliphatic heterocycles. The first-order valence-electron chi connectivity index (χ1n) is 9.03. The molecule has 2 heterocycles. The zero-order valence-electron chi connectivity index (χ0n) is 15.8. The van der Waals surface area contributed by atoms with Crippen LogP contribution in [0, 0.1) is 17.0 Å². The Morgan fingerprint density at radius 2 is 1.79 bits per heavy atom. The van der Waals surface area contributed by atoms with Crippen molar-refractivity contribution < 1.29 is 4.92 Å². The third-order valence-corrected chi connectivity index (χ3v) is 5.33. The number of fused-ring (bicyclic) bond motifs is 1. The van der Waals surface area contributed by atoms with Gasteiger partial charge in [0.15, 0.2) is 5.13 Å². The molecule has 2 aromatic heterocycles. The molecule has 0 atom stereocenters. The van der Waals surface area contributed by atoms with Crippen LogP contribution >= 0.6 is 11.3 Å². The summed E-state index contributed by atoms with van der Waals surface area (Å²) in [7, 11) is 0. The molecule has 146 valence electrons. The lowest BCUT2D eigenvalue weighted by Crippen LogP contribution is -2.05. The monoisotopic (exact) mass is 406 g/mol. The Balaban J connectivity index is 1.67. The van der Waals surface area contributed by atoms with Gasteiger partial charge in [-0.2, -0.15) is 0 Å². The molecule has 0 fully saturated rings. The average Bonchev–Trinajstić information content (AvgIpc) is 3.09. The van der Waals surface area contributed by atoms with E-state index in [0.717, 1.165) is 22.2 Å². The predicted octanol–water partition coefficient (Wildman–Crippen LogP) is 5.35. The van der Waals surface area contributed by atoms with Crippen LogP contribution in [0.4, 0.5) is 28.1 Å². The molecule has 29 heavy (non-hydrogen) atoms. The number of anilines is 4. The fraction of sp³-hybridized carbons (Fsp3) is 0.150. The average molecular weight is 406 g/mol. The van der Waals surface area contributed by atoms with Gasteiger partial charge in [0.05, 0.1) is 15.1 Å². The number of nitrogens with zero attached hydrogens (tertiary/aromatic N) is 4. The van der Waals surface area contributed by atoms with Crippen LogP contribution in [-0.4, -0.2) is 19.9 Å². The summed E-state index contributed by atoms with van der Waals surface area (Å²) in [6, 6.07) is 13.6. The lowest BCUT2D eigenvalue weighted by atomic mass is 10.1. The van der Waals surface area contributed by atoms with Crippen molar-refractivity contribution in [2.24, 2.45) is 0 Å². The highest BCUT2D eigenvalue weighted by atomic mass is 32.1. The van der Waals surface area contributed by atoms with Crippen LogP contribution in [0.3, 0.4) is 0 Å². The van der Waals surface area contributed by atoms with E-state index in [1.54, 1.807) is 0 Å². The first-order chi connectivity index (χ1) is 14.0. The van der Waals surface area contributed by atoms with Crippen LogP contribution in [0.25, 0.3) is 10.2 Å². The molecule has 9 heteroatoms. The molecule has 4 rings (SSSR count). The Bertz CT molecular complexity index is 1190. The Hall–Kier alpha value is -3.59. The Morgan fingerprint density at radius 1 is 1.07 bits per heavy atom. The number of benzene rings is 2. The molecule has 2 aromatic carbocycles. The molecule has 4 aromatic rings. The summed E-state index contributed by atoms with van der Waals surface area (Å²) in [6.45, 7) is 4.07. The third-order valence-electron chi connectivity index (χ3n) is 4.40. The van der Waals surface area contributed by atoms with Crippen molar-refractivity contribution in [1.29, 1.82) is 0 Å². The molecule has 0 spiro atoms.